The Labute approximate surface area is 224 Å². The number of para-hydroxylation sites is 1. The first-order valence-corrected chi connectivity index (χ1v) is 12.9. The summed E-state index contributed by atoms with van der Waals surface area (Å²) in [5, 5.41) is 2.95. The smallest absolute Gasteiger partial charge is 0.257 e. The highest BCUT2D eigenvalue weighted by molar-refractivity contribution is 6.07. The van der Waals surface area contributed by atoms with Gasteiger partial charge in [-0.3, -0.25) is 19.5 Å². The van der Waals surface area contributed by atoms with E-state index < -0.39 is 0 Å². The standard InChI is InChI=1S/C30H36N4O4/c1-20(2)34-17-21(3)27(19-33(4)18-22-9-11-24(37-5)12-10-22)38-28-25(30(34)36)7-6-8-26(28)32-29(35)23-13-15-31-16-14-23/h6-16,20-21,27H,17-19H2,1-5H3,(H,32,35)/t21-,27+/m0/s1. The van der Waals surface area contributed by atoms with Crippen molar-refractivity contribution in [1.29, 1.82) is 0 Å². The van der Waals surface area contributed by atoms with E-state index in [1.54, 1.807) is 49.8 Å². The molecule has 2 atom stereocenters. The molecule has 3 aromatic rings. The van der Waals surface area contributed by atoms with Crippen molar-refractivity contribution in [2.45, 2.75) is 39.5 Å². The lowest BCUT2D eigenvalue weighted by Crippen LogP contribution is -2.48. The van der Waals surface area contributed by atoms with E-state index in [0.29, 0.717) is 35.7 Å². The zero-order chi connectivity index (χ0) is 27.2. The number of benzene rings is 2. The van der Waals surface area contributed by atoms with Crippen LogP contribution in [-0.4, -0.2) is 66.0 Å². The number of ether oxygens (including phenoxy) is 2. The molecule has 8 heteroatoms. The molecule has 4 rings (SSSR count). The molecule has 0 aliphatic carbocycles. The van der Waals surface area contributed by atoms with Gasteiger partial charge in [0.15, 0.2) is 5.75 Å². The van der Waals surface area contributed by atoms with Crippen LogP contribution in [0, 0.1) is 5.92 Å². The van der Waals surface area contributed by atoms with Crippen molar-refractivity contribution in [3.05, 3.63) is 83.7 Å². The van der Waals surface area contributed by atoms with E-state index in [9.17, 15) is 9.59 Å². The Morgan fingerprint density at radius 1 is 1.16 bits per heavy atom. The van der Waals surface area contributed by atoms with Crippen LogP contribution in [0.2, 0.25) is 0 Å². The largest absolute Gasteiger partial charge is 0.497 e. The number of hydrogen-bond acceptors (Lipinski definition) is 6. The first-order valence-electron chi connectivity index (χ1n) is 12.9. The van der Waals surface area contributed by atoms with Crippen LogP contribution in [0.4, 0.5) is 5.69 Å². The van der Waals surface area contributed by atoms with Gasteiger partial charge in [-0.15, -0.1) is 0 Å². The van der Waals surface area contributed by atoms with Gasteiger partial charge in [-0.05, 0) is 62.9 Å². The van der Waals surface area contributed by atoms with Gasteiger partial charge in [0.05, 0.1) is 18.4 Å². The Balaban J connectivity index is 1.63. The maximum absolute atomic E-state index is 13.6. The molecular formula is C30H36N4O4. The Hall–Kier alpha value is -3.91. The van der Waals surface area contributed by atoms with Crippen molar-refractivity contribution in [3.63, 3.8) is 0 Å². The van der Waals surface area contributed by atoms with Crippen LogP contribution in [-0.2, 0) is 6.54 Å². The number of nitrogens with one attached hydrogen (secondary N) is 1. The predicted octanol–water partition coefficient (Wildman–Crippen LogP) is 4.72. The van der Waals surface area contributed by atoms with Crippen molar-refractivity contribution in [1.82, 2.24) is 14.8 Å². The lowest BCUT2D eigenvalue weighted by Gasteiger charge is -2.38. The van der Waals surface area contributed by atoms with E-state index >= 15 is 0 Å². The van der Waals surface area contributed by atoms with Gasteiger partial charge in [-0.25, -0.2) is 0 Å². The van der Waals surface area contributed by atoms with E-state index in [1.807, 2.05) is 30.9 Å². The highest BCUT2D eigenvalue weighted by atomic mass is 16.5. The lowest BCUT2D eigenvalue weighted by molar-refractivity contribution is 0.0433. The first kappa shape index (κ1) is 27.1. The van der Waals surface area contributed by atoms with E-state index in [1.165, 1.54) is 0 Å². The average molecular weight is 517 g/mol. The summed E-state index contributed by atoms with van der Waals surface area (Å²) in [6, 6.07) is 16.6. The second-order valence-electron chi connectivity index (χ2n) is 10.1. The van der Waals surface area contributed by atoms with E-state index in [0.717, 1.165) is 17.9 Å². The first-order chi connectivity index (χ1) is 18.3. The summed E-state index contributed by atoms with van der Waals surface area (Å²) in [6.45, 7) is 8.09. The van der Waals surface area contributed by atoms with Crippen LogP contribution < -0.4 is 14.8 Å². The molecule has 8 nitrogen and oxygen atoms in total. The van der Waals surface area contributed by atoms with E-state index in [-0.39, 0.29) is 29.9 Å². The van der Waals surface area contributed by atoms with Crippen LogP contribution in [0.3, 0.4) is 0 Å². The molecule has 1 N–H and O–H groups in total. The number of anilines is 1. The summed E-state index contributed by atoms with van der Waals surface area (Å²) >= 11 is 0. The highest BCUT2D eigenvalue weighted by Crippen LogP contribution is 2.35. The van der Waals surface area contributed by atoms with Gasteiger partial charge >= 0.3 is 0 Å². The summed E-state index contributed by atoms with van der Waals surface area (Å²) in [5.74, 6) is 0.884. The lowest BCUT2D eigenvalue weighted by atomic mass is 9.99. The molecule has 0 fully saturated rings. The fourth-order valence-electron chi connectivity index (χ4n) is 4.64. The molecule has 38 heavy (non-hydrogen) atoms. The Bertz CT molecular complexity index is 1250. The summed E-state index contributed by atoms with van der Waals surface area (Å²) in [4.78, 5) is 34.7. The van der Waals surface area contributed by atoms with Crippen LogP contribution >= 0.6 is 0 Å². The third kappa shape index (κ3) is 6.31. The van der Waals surface area contributed by atoms with Gasteiger partial charge in [0.2, 0.25) is 0 Å². The number of pyridine rings is 1. The zero-order valence-electron chi connectivity index (χ0n) is 22.7. The second-order valence-corrected chi connectivity index (χ2v) is 10.1. The summed E-state index contributed by atoms with van der Waals surface area (Å²) < 4.78 is 11.9. The highest BCUT2D eigenvalue weighted by Gasteiger charge is 2.34. The van der Waals surface area contributed by atoms with Crippen molar-refractivity contribution < 1.29 is 19.1 Å². The molecule has 0 bridgehead atoms. The molecule has 0 saturated carbocycles. The van der Waals surface area contributed by atoms with E-state index in [4.69, 9.17) is 9.47 Å². The summed E-state index contributed by atoms with van der Waals surface area (Å²) in [6.07, 6.45) is 2.92. The number of rotatable bonds is 8. The molecule has 0 radical (unpaired) electrons. The number of carbonyl (C=O) groups is 2. The van der Waals surface area contributed by atoms with Gasteiger partial charge in [-0.2, -0.15) is 0 Å². The number of aromatic nitrogens is 1. The van der Waals surface area contributed by atoms with E-state index in [2.05, 4.69) is 41.3 Å². The quantitative estimate of drug-likeness (QED) is 0.466. The molecule has 2 amide bonds. The fourth-order valence-corrected chi connectivity index (χ4v) is 4.64. The number of hydrogen-bond donors (Lipinski definition) is 1. The minimum absolute atomic E-state index is 0.0173. The van der Waals surface area contributed by atoms with Crippen molar-refractivity contribution in [2.75, 3.05) is 32.6 Å². The SMILES string of the molecule is COc1ccc(CN(C)C[C@H]2Oc3c(NC(=O)c4ccncc4)cccc3C(=O)N(C(C)C)C[C@@H]2C)cc1. The molecule has 1 aliphatic rings. The number of fused-ring (bicyclic) bond motifs is 1. The van der Waals surface area contributed by atoms with Gasteiger partial charge in [0.25, 0.3) is 11.8 Å². The topological polar surface area (TPSA) is 84.0 Å². The third-order valence-corrected chi connectivity index (χ3v) is 6.81. The Morgan fingerprint density at radius 2 is 1.87 bits per heavy atom. The Morgan fingerprint density at radius 3 is 2.53 bits per heavy atom. The number of carbonyl (C=O) groups excluding carboxylic acids is 2. The third-order valence-electron chi connectivity index (χ3n) is 6.81. The van der Waals surface area contributed by atoms with Gasteiger partial charge in [0.1, 0.15) is 11.9 Å². The van der Waals surface area contributed by atoms with Crippen molar-refractivity contribution in [2.24, 2.45) is 5.92 Å². The second kappa shape index (κ2) is 12.1. The van der Waals surface area contributed by atoms with Crippen LogP contribution in [0.25, 0.3) is 0 Å². The molecule has 0 unspecified atom stereocenters. The maximum Gasteiger partial charge on any atom is 0.257 e. The Kier molecular flexibility index (Phi) is 8.63. The molecule has 200 valence electrons. The number of amides is 2. The molecule has 2 aromatic carbocycles. The van der Waals surface area contributed by atoms with Crippen molar-refractivity contribution in [3.8, 4) is 11.5 Å². The van der Waals surface area contributed by atoms with Crippen LogP contribution in [0.5, 0.6) is 11.5 Å². The zero-order valence-corrected chi connectivity index (χ0v) is 22.7. The summed E-state index contributed by atoms with van der Waals surface area (Å²) in [5.41, 5.74) is 2.55. The maximum atomic E-state index is 13.6. The minimum Gasteiger partial charge on any atom is -0.497 e. The molecule has 1 aliphatic heterocycles. The molecule has 2 heterocycles. The molecule has 0 saturated heterocycles. The van der Waals surface area contributed by atoms with Gasteiger partial charge < -0.3 is 19.7 Å². The number of likely N-dealkylation sites (N-methyl/N-ethyl adjacent to an activating group) is 1. The number of methoxy groups -OCH3 is 1. The van der Waals surface area contributed by atoms with Crippen LogP contribution in [0.15, 0.2) is 67.0 Å². The van der Waals surface area contributed by atoms with Crippen LogP contribution in [0.1, 0.15) is 47.1 Å². The molecule has 1 aromatic heterocycles. The number of nitrogens with zero attached hydrogens (tertiary/aromatic N) is 3. The normalized spacial score (nSPS) is 17.4. The van der Waals surface area contributed by atoms with Gasteiger partial charge in [-0.1, -0.05) is 25.1 Å². The fraction of sp³-hybridized carbons (Fsp3) is 0.367. The minimum atomic E-state index is -0.291. The predicted molar refractivity (Wildman–Crippen MR) is 148 cm³/mol. The summed E-state index contributed by atoms with van der Waals surface area (Å²) in [7, 11) is 3.72. The van der Waals surface area contributed by atoms with Gasteiger partial charge in [0, 0.05) is 49.6 Å². The average Bonchev–Trinajstić information content (AvgIpc) is 2.91. The van der Waals surface area contributed by atoms with Crippen molar-refractivity contribution >= 4 is 17.5 Å². The molecular weight excluding hydrogens is 480 g/mol. The monoisotopic (exact) mass is 516 g/mol. The molecule has 0 spiro atoms.